The molecular weight excluding hydrogens is 626 g/mol. The fourth-order valence-electron chi connectivity index (χ4n) is 5.04. The number of nitrogens with one attached hydrogen (secondary N) is 1. The molecule has 1 fully saturated rings. The number of carbonyl (C=O) groups excluding carboxylic acids is 1. The summed E-state index contributed by atoms with van der Waals surface area (Å²) in [5.41, 5.74) is 0.191. The second-order valence-corrected chi connectivity index (χ2v) is 11.4. The Bertz CT molecular complexity index is 1760. The summed E-state index contributed by atoms with van der Waals surface area (Å²) in [6.45, 7) is 4.71. The molecular formula is C35H39NO12. The maximum atomic E-state index is 13.3. The minimum atomic E-state index is -1.88. The molecule has 0 spiro atoms. The number of aromatic hydroxyl groups is 2. The van der Waals surface area contributed by atoms with Crippen LogP contribution in [0.15, 0.2) is 69.9 Å². The summed E-state index contributed by atoms with van der Waals surface area (Å²) >= 11 is 0. The van der Waals surface area contributed by atoms with Crippen LogP contribution in [0.3, 0.4) is 0 Å². The molecule has 0 saturated carbocycles. The van der Waals surface area contributed by atoms with Gasteiger partial charge in [0.05, 0.1) is 13.2 Å². The first-order chi connectivity index (χ1) is 23.1. The number of amides is 1. The maximum Gasteiger partial charge on any atom is 0.256 e. The summed E-state index contributed by atoms with van der Waals surface area (Å²) in [6.07, 6.45) is -5.78. The van der Waals surface area contributed by atoms with Crippen molar-refractivity contribution in [2.24, 2.45) is 0 Å². The lowest BCUT2D eigenvalue weighted by atomic mass is 9.98. The number of carbonyl (C=O) groups is 1. The van der Waals surface area contributed by atoms with Crippen molar-refractivity contribution in [3.8, 4) is 40.1 Å². The highest BCUT2D eigenvalue weighted by atomic mass is 16.7. The van der Waals surface area contributed by atoms with Gasteiger partial charge in [-0.3, -0.25) is 9.59 Å². The van der Waals surface area contributed by atoms with Crippen LogP contribution in [0.25, 0.3) is 22.3 Å². The normalized spacial score (nSPS) is 20.7. The first kappa shape index (κ1) is 34.5. The van der Waals surface area contributed by atoms with E-state index < -0.39 is 47.8 Å². The van der Waals surface area contributed by atoms with Gasteiger partial charge < -0.3 is 54.2 Å². The van der Waals surface area contributed by atoms with Gasteiger partial charge in [0.1, 0.15) is 46.5 Å². The summed E-state index contributed by atoms with van der Waals surface area (Å²) in [5.74, 6) is -1.09. The Morgan fingerprint density at radius 2 is 1.52 bits per heavy atom. The number of phenolic OH excluding ortho intramolecular Hbond substituents is 2. The average Bonchev–Trinajstić information content (AvgIpc) is 3.07. The van der Waals surface area contributed by atoms with Crippen molar-refractivity contribution in [3.63, 3.8) is 0 Å². The summed E-state index contributed by atoms with van der Waals surface area (Å²) < 4.78 is 29.1. The highest BCUT2D eigenvalue weighted by Gasteiger charge is 2.48. The zero-order valence-corrected chi connectivity index (χ0v) is 26.5. The van der Waals surface area contributed by atoms with Crippen LogP contribution >= 0.6 is 0 Å². The molecule has 13 heteroatoms. The Morgan fingerprint density at radius 3 is 2.19 bits per heavy atom. The molecule has 1 aliphatic heterocycles. The van der Waals surface area contributed by atoms with E-state index in [-0.39, 0.29) is 46.3 Å². The second-order valence-electron chi connectivity index (χ2n) is 11.4. The average molecular weight is 666 g/mol. The monoisotopic (exact) mass is 665 g/mol. The number of anilines is 1. The lowest BCUT2D eigenvalue weighted by Crippen LogP contribution is -2.62. The number of aliphatic hydroxyl groups excluding tert-OH is 3. The third-order valence-corrected chi connectivity index (χ3v) is 7.77. The predicted molar refractivity (Wildman–Crippen MR) is 174 cm³/mol. The molecule has 1 aliphatic rings. The number of aliphatic hydroxyl groups is 3. The Kier molecular flexibility index (Phi) is 11.1. The van der Waals surface area contributed by atoms with E-state index in [1.54, 1.807) is 24.3 Å². The fourth-order valence-corrected chi connectivity index (χ4v) is 5.04. The zero-order chi connectivity index (χ0) is 34.4. The summed E-state index contributed by atoms with van der Waals surface area (Å²) in [7, 11) is 0. The first-order valence-electron chi connectivity index (χ1n) is 15.8. The van der Waals surface area contributed by atoms with Crippen LogP contribution in [-0.2, 0) is 9.53 Å². The minimum Gasteiger partial charge on any atom is -0.508 e. The number of phenols is 2. The molecule has 13 nitrogen and oxygen atoms in total. The molecule has 1 amide bonds. The molecule has 5 unspecified atom stereocenters. The summed E-state index contributed by atoms with van der Waals surface area (Å²) in [5, 5.41) is 55.1. The van der Waals surface area contributed by atoms with Gasteiger partial charge in [-0.1, -0.05) is 26.7 Å². The molecule has 5 rings (SSSR count). The van der Waals surface area contributed by atoms with E-state index in [1.165, 1.54) is 36.4 Å². The Balaban J connectivity index is 1.47. The Morgan fingerprint density at radius 1 is 0.854 bits per heavy atom. The van der Waals surface area contributed by atoms with Crippen LogP contribution < -0.4 is 25.0 Å². The van der Waals surface area contributed by atoms with E-state index in [0.717, 1.165) is 19.3 Å². The highest BCUT2D eigenvalue weighted by Crippen LogP contribution is 2.44. The number of hydrogen-bond acceptors (Lipinski definition) is 12. The number of fused-ring (bicyclic) bond motifs is 1. The molecule has 0 aliphatic carbocycles. The van der Waals surface area contributed by atoms with E-state index >= 15 is 0 Å². The Labute approximate surface area is 275 Å². The van der Waals surface area contributed by atoms with E-state index in [4.69, 9.17) is 23.4 Å². The van der Waals surface area contributed by atoms with Gasteiger partial charge in [0.2, 0.25) is 12.0 Å². The lowest BCUT2D eigenvalue weighted by molar-refractivity contribution is -0.265. The largest absolute Gasteiger partial charge is 0.508 e. The van der Waals surface area contributed by atoms with Gasteiger partial charge in [0, 0.05) is 23.4 Å². The maximum absolute atomic E-state index is 13.3. The van der Waals surface area contributed by atoms with Crippen molar-refractivity contribution in [1.29, 1.82) is 0 Å². The van der Waals surface area contributed by atoms with Crippen LogP contribution in [0.1, 0.15) is 39.5 Å². The highest BCUT2D eigenvalue weighted by molar-refractivity contribution is 5.95. The number of unbranched alkanes of at least 4 members (excludes halogenated alkanes) is 2. The van der Waals surface area contributed by atoms with Crippen LogP contribution in [0, 0.1) is 0 Å². The fraction of sp³-hybridized carbons (Fsp3) is 0.371. The third-order valence-electron chi connectivity index (χ3n) is 7.77. The van der Waals surface area contributed by atoms with Crippen molar-refractivity contribution in [1.82, 2.24) is 0 Å². The van der Waals surface area contributed by atoms with E-state index in [1.807, 2.05) is 6.92 Å². The molecule has 1 saturated heterocycles. The molecule has 0 radical (unpaired) electrons. The van der Waals surface area contributed by atoms with Gasteiger partial charge in [-0.15, -0.1) is 0 Å². The molecule has 256 valence electrons. The minimum absolute atomic E-state index is 0.0298. The molecule has 0 bridgehead atoms. The number of rotatable bonds is 13. The number of hydrogen-bond donors (Lipinski definition) is 6. The number of ether oxygens (including phenoxy) is 4. The van der Waals surface area contributed by atoms with Crippen molar-refractivity contribution in [2.75, 3.05) is 18.5 Å². The van der Waals surface area contributed by atoms with Crippen molar-refractivity contribution in [3.05, 3.63) is 70.9 Å². The number of benzene rings is 3. The third kappa shape index (κ3) is 7.66. The van der Waals surface area contributed by atoms with Crippen molar-refractivity contribution in [2.45, 2.75) is 70.2 Å². The topological polar surface area (TPSA) is 197 Å². The zero-order valence-electron chi connectivity index (χ0n) is 26.5. The second kappa shape index (κ2) is 15.4. The SMILES string of the molecule is CCCCOc1ccc(-c2cc(=O)c3c(O)c(OCCCC)c(OC4OC(C(=O)Nc5ccc(O)cc5)C(O)C(O)C4O)cc3o2)cc1. The predicted octanol–water partition coefficient (Wildman–Crippen LogP) is 4.05. The first-order valence-corrected chi connectivity index (χ1v) is 15.8. The molecule has 1 aromatic heterocycles. The molecule has 48 heavy (non-hydrogen) atoms. The van der Waals surface area contributed by atoms with Gasteiger partial charge in [0.25, 0.3) is 5.91 Å². The lowest BCUT2D eigenvalue weighted by Gasteiger charge is -2.39. The van der Waals surface area contributed by atoms with Crippen molar-refractivity contribution >= 4 is 22.6 Å². The van der Waals surface area contributed by atoms with E-state index in [2.05, 4.69) is 12.2 Å². The van der Waals surface area contributed by atoms with Crippen LogP contribution in [0.2, 0.25) is 0 Å². The van der Waals surface area contributed by atoms with Gasteiger partial charge in [-0.05, 0) is 61.4 Å². The smallest absolute Gasteiger partial charge is 0.256 e. The van der Waals surface area contributed by atoms with Gasteiger partial charge >= 0.3 is 0 Å². The van der Waals surface area contributed by atoms with Gasteiger partial charge in [-0.25, -0.2) is 0 Å². The molecule has 5 atom stereocenters. The van der Waals surface area contributed by atoms with E-state index in [9.17, 15) is 35.1 Å². The molecule has 3 aromatic carbocycles. The molecule has 2 heterocycles. The van der Waals surface area contributed by atoms with Crippen LogP contribution in [-0.4, -0.2) is 75.4 Å². The van der Waals surface area contributed by atoms with Crippen LogP contribution in [0.4, 0.5) is 5.69 Å². The van der Waals surface area contributed by atoms with Crippen molar-refractivity contribution < 1.29 is 53.7 Å². The Hall–Kier alpha value is -4.82. The molecule has 4 aromatic rings. The van der Waals surface area contributed by atoms with Gasteiger partial charge in [0.15, 0.2) is 23.0 Å². The standard InChI is InChI=1S/C35H39NO12/c1-3-5-15-44-22-13-7-19(8-14-22)24-17-23(38)27-25(46-24)18-26(32(28(27)39)45-16-6-4-2)47-35-31(42)29(40)30(41)33(48-35)34(43)36-20-9-11-21(37)12-10-20/h7-14,17-18,29-31,33,35,37,39-42H,3-6,15-16H2,1-2H3,(H,36,43). The summed E-state index contributed by atoms with van der Waals surface area (Å²) in [6, 6.07) is 15.0. The van der Waals surface area contributed by atoms with E-state index in [0.29, 0.717) is 24.3 Å². The summed E-state index contributed by atoms with van der Waals surface area (Å²) in [4.78, 5) is 26.4. The van der Waals surface area contributed by atoms with Crippen LogP contribution in [0.5, 0.6) is 28.7 Å². The molecule has 6 N–H and O–H groups in total. The van der Waals surface area contributed by atoms with Gasteiger partial charge in [-0.2, -0.15) is 0 Å². The quantitative estimate of drug-likeness (QED) is 0.0886.